The Morgan fingerprint density at radius 2 is 1.46 bits per heavy atom. The number of carbonyl (C=O) groups is 1. The highest BCUT2D eigenvalue weighted by atomic mass is 16.1. The van der Waals surface area contributed by atoms with Gasteiger partial charge in [-0.15, -0.1) is 0 Å². The number of anilines is 4. The summed E-state index contributed by atoms with van der Waals surface area (Å²) < 4.78 is 0. The summed E-state index contributed by atoms with van der Waals surface area (Å²) in [5.41, 5.74) is 1.56. The molecule has 1 saturated heterocycles. The van der Waals surface area contributed by atoms with Crippen LogP contribution in [0.15, 0.2) is 55.0 Å². The van der Waals surface area contributed by atoms with Crippen molar-refractivity contribution in [1.82, 2.24) is 19.9 Å². The topological polar surface area (TPSA) is 87.1 Å². The van der Waals surface area contributed by atoms with Crippen LogP contribution in [0.4, 0.5) is 23.4 Å². The molecule has 1 N–H and O–H groups in total. The van der Waals surface area contributed by atoms with Crippen LogP contribution in [0.2, 0.25) is 0 Å². The summed E-state index contributed by atoms with van der Waals surface area (Å²) >= 11 is 0. The average Bonchev–Trinajstić information content (AvgIpc) is 2.75. The zero-order valence-electron chi connectivity index (χ0n) is 15.6. The molecular weight excluding hydrogens is 354 g/mol. The Labute approximate surface area is 163 Å². The number of Topliss-reactive ketones (excluding diaryl/α,β-unsaturated/α-hetero) is 1. The predicted molar refractivity (Wildman–Crippen MR) is 108 cm³/mol. The van der Waals surface area contributed by atoms with Crippen molar-refractivity contribution in [2.24, 2.45) is 0 Å². The van der Waals surface area contributed by atoms with E-state index in [2.05, 4.69) is 35.1 Å². The third-order valence-corrected chi connectivity index (χ3v) is 4.60. The molecule has 4 rings (SSSR count). The SMILES string of the molecule is CC(=O)c1ccc(Nc2ccnc(N3CCN(c4ncccn4)CC3)n2)cc1. The molecule has 1 fully saturated rings. The number of piperazine rings is 1. The maximum Gasteiger partial charge on any atom is 0.227 e. The Bertz CT molecular complexity index is 938. The van der Waals surface area contributed by atoms with Gasteiger partial charge in [-0.2, -0.15) is 4.98 Å². The maximum absolute atomic E-state index is 11.4. The normalized spacial score (nSPS) is 14.0. The van der Waals surface area contributed by atoms with Gasteiger partial charge in [-0.1, -0.05) is 0 Å². The Morgan fingerprint density at radius 1 is 0.857 bits per heavy atom. The molecule has 0 amide bonds. The van der Waals surface area contributed by atoms with E-state index < -0.39 is 0 Å². The number of hydrogen-bond donors (Lipinski definition) is 1. The number of hydrogen-bond acceptors (Lipinski definition) is 8. The summed E-state index contributed by atoms with van der Waals surface area (Å²) in [4.78, 5) is 33.4. The van der Waals surface area contributed by atoms with E-state index in [9.17, 15) is 4.79 Å². The van der Waals surface area contributed by atoms with Crippen LogP contribution in [0, 0.1) is 0 Å². The number of carbonyl (C=O) groups excluding carboxylic acids is 1. The number of nitrogens with zero attached hydrogens (tertiary/aromatic N) is 6. The molecule has 142 valence electrons. The van der Waals surface area contributed by atoms with Crippen molar-refractivity contribution < 1.29 is 4.79 Å². The molecule has 0 unspecified atom stereocenters. The molecule has 28 heavy (non-hydrogen) atoms. The molecule has 0 atom stereocenters. The molecule has 1 aromatic carbocycles. The average molecular weight is 375 g/mol. The Morgan fingerprint density at radius 3 is 2.11 bits per heavy atom. The minimum atomic E-state index is 0.0518. The van der Waals surface area contributed by atoms with Crippen molar-refractivity contribution in [3.63, 3.8) is 0 Å². The number of nitrogens with one attached hydrogen (secondary N) is 1. The van der Waals surface area contributed by atoms with Crippen LogP contribution in [0.25, 0.3) is 0 Å². The van der Waals surface area contributed by atoms with E-state index >= 15 is 0 Å². The van der Waals surface area contributed by atoms with Crippen molar-refractivity contribution in [3.8, 4) is 0 Å². The van der Waals surface area contributed by atoms with Gasteiger partial charge in [-0.3, -0.25) is 4.79 Å². The van der Waals surface area contributed by atoms with Crippen LogP contribution in [0.3, 0.4) is 0 Å². The fourth-order valence-electron chi connectivity index (χ4n) is 3.07. The fraction of sp³-hybridized carbons (Fsp3) is 0.250. The van der Waals surface area contributed by atoms with Crippen molar-refractivity contribution in [1.29, 1.82) is 0 Å². The molecule has 0 aliphatic carbocycles. The molecule has 8 nitrogen and oxygen atoms in total. The van der Waals surface area contributed by atoms with Crippen LogP contribution in [-0.4, -0.2) is 51.9 Å². The third-order valence-electron chi connectivity index (χ3n) is 4.60. The van der Waals surface area contributed by atoms with E-state index in [-0.39, 0.29) is 5.78 Å². The lowest BCUT2D eigenvalue weighted by Crippen LogP contribution is -2.47. The zero-order valence-corrected chi connectivity index (χ0v) is 15.6. The van der Waals surface area contributed by atoms with E-state index in [1.165, 1.54) is 0 Å². The summed E-state index contributed by atoms with van der Waals surface area (Å²) in [6.07, 6.45) is 5.27. The monoisotopic (exact) mass is 375 g/mol. The van der Waals surface area contributed by atoms with Gasteiger partial charge < -0.3 is 15.1 Å². The molecule has 1 aliphatic heterocycles. The van der Waals surface area contributed by atoms with Gasteiger partial charge >= 0.3 is 0 Å². The smallest absolute Gasteiger partial charge is 0.227 e. The lowest BCUT2D eigenvalue weighted by atomic mass is 10.1. The van der Waals surface area contributed by atoms with Crippen LogP contribution in [-0.2, 0) is 0 Å². The molecule has 0 saturated carbocycles. The summed E-state index contributed by atoms with van der Waals surface area (Å²) in [5, 5.41) is 3.26. The first kappa shape index (κ1) is 17.8. The van der Waals surface area contributed by atoms with Crippen molar-refractivity contribution in [3.05, 3.63) is 60.6 Å². The van der Waals surface area contributed by atoms with E-state index in [0.717, 1.165) is 43.6 Å². The summed E-state index contributed by atoms with van der Waals surface area (Å²) in [7, 11) is 0. The van der Waals surface area contributed by atoms with Crippen LogP contribution in [0.1, 0.15) is 17.3 Å². The van der Waals surface area contributed by atoms with Gasteiger partial charge in [0.1, 0.15) is 5.82 Å². The van der Waals surface area contributed by atoms with Crippen molar-refractivity contribution in [2.45, 2.75) is 6.92 Å². The summed E-state index contributed by atoms with van der Waals surface area (Å²) in [6, 6.07) is 11.0. The highest BCUT2D eigenvalue weighted by Gasteiger charge is 2.20. The van der Waals surface area contributed by atoms with E-state index in [1.807, 2.05) is 24.3 Å². The summed E-state index contributed by atoms with van der Waals surface area (Å²) in [6.45, 7) is 4.79. The molecule has 0 radical (unpaired) electrons. The van der Waals surface area contributed by atoms with Crippen LogP contribution in [0.5, 0.6) is 0 Å². The minimum absolute atomic E-state index is 0.0518. The Balaban J connectivity index is 1.41. The van der Waals surface area contributed by atoms with Crippen LogP contribution < -0.4 is 15.1 Å². The molecule has 1 aliphatic rings. The van der Waals surface area contributed by atoms with Gasteiger partial charge in [0, 0.05) is 56.0 Å². The first-order valence-corrected chi connectivity index (χ1v) is 9.17. The van der Waals surface area contributed by atoms with Gasteiger partial charge in [0.15, 0.2) is 5.78 Å². The lowest BCUT2D eigenvalue weighted by molar-refractivity contribution is 0.101. The van der Waals surface area contributed by atoms with Gasteiger partial charge in [0.25, 0.3) is 0 Å². The second-order valence-electron chi connectivity index (χ2n) is 6.52. The highest BCUT2D eigenvalue weighted by molar-refractivity contribution is 5.94. The standard InChI is InChI=1S/C20H21N7O/c1-15(28)16-3-5-17(6-4-16)24-18-7-10-23-20(25-18)27-13-11-26(12-14-27)19-21-8-2-9-22-19/h2-10H,11-14H2,1H3,(H,23,24,25). The van der Waals surface area contributed by atoms with E-state index in [4.69, 9.17) is 0 Å². The summed E-state index contributed by atoms with van der Waals surface area (Å²) in [5.74, 6) is 2.22. The molecule has 8 heteroatoms. The lowest BCUT2D eigenvalue weighted by Gasteiger charge is -2.34. The molecule has 0 bridgehead atoms. The highest BCUT2D eigenvalue weighted by Crippen LogP contribution is 2.19. The molecular formula is C20H21N7O. The van der Waals surface area contributed by atoms with Gasteiger partial charge in [0.05, 0.1) is 0 Å². The first-order chi connectivity index (χ1) is 13.7. The predicted octanol–water partition coefficient (Wildman–Crippen LogP) is 2.54. The van der Waals surface area contributed by atoms with Crippen molar-refractivity contribution in [2.75, 3.05) is 41.3 Å². The fourth-order valence-corrected chi connectivity index (χ4v) is 3.07. The van der Waals surface area contributed by atoms with E-state index in [0.29, 0.717) is 11.5 Å². The van der Waals surface area contributed by atoms with E-state index in [1.54, 1.807) is 37.6 Å². The Kier molecular flexibility index (Phi) is 5.09. The molecule has 2 aromatic heterocycles. The second kappa shape index (κ2) is 7.99. The number of ketones is 1. The largest absolute Gasteiger partial charge is 0.340 e. The molecule has 0 spiro atoms. The van der Waals surface area contributed by atoms with Gasteiger partial charge in [-0.25, -0.2) is 15.0 Å². The quantitative estimate of drug-likeness (QED) is 0.681. The Hall–Kier alpha value is -3.55. The van der Waals surface area contributed by atoms with Crippen molar-refractivity contribution >= 4 is 29.2 Å². The second-order valence-corrected chi connectivity index (χ2v) is 6.52. The van der Waals surface area contributed by atoms with Crippen LogP contribution >= 0.6 is 0 Å². The van der Waals surface area contributed by atoms with Gasteiger partial charge in [-0.05, 0) is 43.3 Å². The molecule has 3 aromatic rings. The number of rotatable bonds is 5. The minimum Gasteiger partial charge on any atom is -0.340 e. The maximum atomic E-state index is 11.4. The zero-order chi connectivity index (χ0) is 19.3. The third kappa shape index (κ3) is 4.06. The first-order valence-electron chi connectivity index (χ1n) is 9.17. The number of benzene rings is 1. The number of aromatic nitrogens is 4. The molecule has 3 heterocycles. The van der Waals surface area contributed by atoms with Gasteiger partial charge in [0.2, 0.25) is 11.9 Å².